The van der Waals surface area contributed by atoms with Gasteiger partial charge < -0.3 is 29.0 Å². The van der Waals surface area contributed by atoms with E-state index in [9.17, 15) is 9.59 Å². The van der Waals surface area contributed by atoms with Crippen LogP contribution in [0.5, 0.6) is 5.75 Å². The number of thiocarbonyl (C=S) groups is 1. The van der Waals surface area contributed by atoms with Crippen molar-refractivity contribution >= 4 is 45.9 Å². The van der Waals surface area contributed by atoms with Gasteiger partial charge in [-0.05, 0) is 81.2 Å². The fraction of sp³-hybridized carbons (Fsp3) is 0.700. The molecular weight excluding hydrogens is 573 g/mol. The zero-order chi connectivity index (χ0) is 32.0. The highest BCUT2D eigenvalue weighted by atomic mass is 32.1. The molecule has 234 valence electrons. The molecule has 8 nitrogen and oxygen atoms in total. The maximum Gasteiger partial charge on any atom is 0.408 e. The maximum atomic E-state index is 12.8. The Hall–Kier alpha value is -1.96. The lowest BCUT2D eigenvalue weighted by Crippen LogP contribution is -2.55. The summed E-state index contributed by atoms with van der Waals surface area (Å²) in [6.07, 6.45) is -0.223. The van der Waals surface area contributed by atoms with Crippen molar-refractivity contribution in [1.82, 2.24) is 10.6 Å². The zero-order valence-corrected chi connectivity index (χ0v) is 30.6. The maximum absolute atomic E-state index is 12.8. The predicted octanol–water partition coefficient (Wildman–Crippen LogP) is 6.99. The average Bonchev–Trinajstić information content (AvgIpc) is 2.79. The van der Waals surface area contributed by atoms with E-state index >= 15 is 0 Å². The fourth-order valence-electron chi connectivity index (χ4n) is 3.13. The molecule has 11 heteroatoms. The molecule has 0 radical (unpaired) electrons. The third-order valence-electron chi connectivity index (χ3n) is 7.77. The van der Waals surface area contributed by atoms with Gasteiger partial charge in [-0.3, -0.25) is 0 Å². The highest BCUT2D eigenvalue weighted by Gasteiger charge is 2.40. The number of ether oxygens (including phenoxy) is 2. The van der Waals surface area contributed by atoms with Crippen LogP contribution in [0.1, 0.15) is 67.9 Å². The summed E-state index contributed by atoms with van der Waals surface area (Å²) in [5.74, 6) is 0.320. The Bertz CT molecular complexity index is 1040. The molecule has 0 saturated carbocycles. The zero-order valence-electron chi connectivity index (χ0n) is 27.7. The Kier molecular flexibility index (Phi) is 12.7. The van der Waals surface area contributed by atoms with E-state index in [4.69, 9.17) is 30.5 Å². The second kappa shape index (κ2) is 14.0. The van der Waals surface area contributed by atoms with E-state index in [1.54, 1.807) is 20.8 Å². The van der Waals surface area contributed by atoms with E-state index in [-0.39, 0.29) is 21.7 Å². The van der Waals surface area contributed by atoms with E-state index in [1.165, 1.54) is 7.11 Å². The molecule has 0 spiro atoms. The second-order valence-corrected chi connectivity index (χ2v) is 24.5. The third-order valence-corrected chi connectivity index (χ3v) is 17.0. The Morgan fingerprint density at radius 1 is 0.829 bits per heavy atom. The minimum absolute atomic E-state index is 0.0323. The van der Waals surface area contributed by atoms with Gasteiger partial charge in [-0.25, -0.2) is 9.59 Å². The molecule has 0 aliphatic heterocycles. The van der Waals surface area contributed by atoms with Crippen LogP contribution >= 0.6 is 12.2 Å². The van der Waals surface area contributed by atoms with Crippen molar-refractivity contribution in [1.29, 1.82) is 0 Å². The van der Waals surface area contributed by atoms with Gasteiger partial charge >= 0.3 is 12.1 Å². The molecule has 1 aromatic carbocycles. The van der Waals surface area contributed by atoms with Gasteiger partial charge in [0.2, 0.25) is 8.32 Å². The summed E-state index contributed by atoms with van der Waals surface area (Å²) in [5.41, 5.74) is 0.253. The normalized spacial score (nSPS) is 14.5. The predicted molar refractivity (Wildman–Crippen MR) is 176 cm³/mol. The van der Waals surface area contributed by atoms with Crippen molar-refractivity contribution in [3.8, 4) is 5.75 Å². The number of alkyl carbamates (subject to hydrolysis) is 1. The molecule has 41 heavy (non-hydrogen) atoms. The monoisotopic (exact) mass is 626 g/mol. The number of hydrogen-bond donors (Lipinski definition) is 2. The first kappa shape index (κ1) is 37.1. The molecular formula is C30H54N2O6SSi2. The van der Waals surface area contributed by atoms with Gasteiger partial charge in [0.25, 0.3) is 0 Å². The molecule has 0 bridgehead atoms. The number of rotatable bonds is 11. The van der Waals surface area contributed by atoms with Crippen molar-refractivity contribution in [2.75, 3.05) is 13.7 Å². The van der Waals surface area contributed by atoms with Gasteiger partial charge in [-0.2, -0.15) is 0 Å². The number of esters is 1. The highest BCUT2D eigenvalue weighted by molar-refractivity contribution is 7.80. The summed E-state index contributed by atoms with van der Waals surface area (Å²) >= 11 is 5.74. The lowest BCUT2D eigenvalue weighted by molar-refractivity contribution is -0.143. The number of benzene rings is 1. The molecule has 0 saturated heterocycles. The third kappa shape index (κ3) is 12.1. The minimum Gasteiger partial charge on any atom is -0.544 e. The first-order valence-corrected chi connectivity index (χ1v) is 20.4. The van der Waals surface area contributed by atoms with Crippen molar-refractivity contribution < 1.29 is 27.9 Å². The van der Waals surface area contributed by atoms with Crippen LogP contribution in [0.2, 0.25) is 36.3 Å². The molecule has 0 aromatic heterocycles. The van der Waals surface area contributed by atoms with Crippen molar-refractivity contribution in [3.05, 3.63) is 29.8 Å². The van der Waals surface area contributed by atoms with Crippen LogP contribution in [0.25, 0.3) is 0 Å². The van der Waals surface area contributed by atoms with E-state index in [1.807, 2.05) is 24.3 Å². The summed E-state index contributed by atoms with van der Waals surface area (Å²) in [4.78, 5) is 25.7. The van der Waals surface area contributed by atoms with Crippen LogP contribution in [0.4, 0.5) is 4.79 Å². The van der Waals surface area contributed by atoms with Gasteiger partial charge in [0.15, 0.2) is 8.32 Å². The van der Waals surface area contributed by atoms with Crippen LogP contribution < -0.4 is 15.1 Å². The Labute approximate surface area is 255 Å². The molecule has 0 aliphatic rings. The number of amides is 1. The lowest BCUT2D eigenvalue weighted by Gasteiger charge is -2.37. The number of methoxy groups -OCH3 is 1. The van der Waals surface area contributed by atoms with Crippen LogP contribution in [-0.4, -0.2) is 65.1 Å². The van der Waals surface area contributed by atoms with Gasteiger partial charge in [0.1, 0.15) is 17.4 Å². The SMILES string of the molecule is COC(=O)[C@@H](CO[Si](C)(C)C(C)(C)C)NC(=S)[C@H](Cc1ccc(O[Si](C)(C)C(C)(C)C)cc1)NC(=O)OC(C)(C)C. The summed E-state index contributed by atoms with van der Waals surface area (Å²) in [6.45, 7) is 27.1. The molecule has 0 aliphatic carbocycles. The summed E-state index contributed by atoms with van der Waals surface area (Å²) in [5, 5.41) is 6.03. The number of carbonyl (C=O) groups is 2. The molecule has 2 atom stereocenters. The number of carbonyl (C=O) groups excluding carboxylic acids is 2. The lowest BCUT2D eigenvalue weighted by atomic mass is 10.1. The topological polar surface area (TPSA) is 95.1 Å². The molecule has 0 unspecified atom stereocenters. The number of hydrogen-bond acceptors (Lipinski definition) is 7. The average molecular weight is 627 g/mol. The first-order valence-electron chi connectivity index (χ1n) is 14.2. The van der Waals surface area contributed by atoms with E-state index in [0.717, 1.165) is 11.3 Å². The van der Waals surface area contributed by atoms with Crippen LogP contribution in [0, 0.1) is 0 Å². The van der Waals surface area contributed by atoms with Crippen LogP contribution in [-0.2, 0) is 25.1 Å². The standard InChI is InChI=1S/C30H54N2O6SSi2/c1-28(2,3)37-27(34)32-23(19-21-15-17-22(18-16-21)38-41(13,14)30(7,8)9)25(39)31-24(26(33)35-10)20-36-40(11,12)29(4,5)6/h15-18,23-24H,19-20H2,1-14H3,(H,31,39)(H,32,34)/t23-,24+/m0/s1. The van der Waals surface area contributed by atoms with Crippen molar-refractivity contribution in [3.63, 3.8) is 0 Å². The molecule has 1 rings (SSSR count). The Morgan fingerprint density at radius 3 is 1.78 bits per heavy atom. The van der Waals surface area contributed by atoms with E-state index in [0.29, 0.717) is 6.42 Å². The van der Waals surface area contributed by atoms with Crippen LogP contribution in [0.3, 0.4) is 0 Å². The van der Waals surface area contributed by atoms with Crippen molar-refractivity contribution in [2.24, 2.45) is 0 Å². The fourth-order valence-corrected chi connectivity index (χ4v) is 5.46. The van der Waals surface area contributed by atoms with Gasteiger partial charge in [0.05, 0.1) is 24.7 Å². The van der Waals surface area contributed by atoms with Gasteiger partial charge in [0, 0.05) is 0 Å². The first-order chi connectivity index (χ1) is 18.4. The summed E-state index contributed by atoms with van der Waals surface area (Å²) < 4.78 is 23.2. The summed E-state index contributed by atoms with van der Waals surface area (Å²) in [6, 6.07) is 6.35. The second-order valence-electron chi connectivity index (χ2n) is 14.6. The molecule has 0 fully saturated rings. The summed E-state index contributed by atoms with van der Waals surface area (Å²) in [7, 11) is -2.79. The smallest absolute Gasteiger partial charge is 0.408 e. The Morgan fingerprint density at radius 2 is 1.34 bits per heavy atom. The van der Waals surface area contributed by atoms with E-state index < -0.39 is 46.4 Å². The molecule has 0 heterocycles. The van der Waals surface area contributed by atoms with Gasteiger partial charge in [-0.1, -0.05) is 65.9 Å². The van der Waals surface area contributed by atoms with Crippen molar-refractivity contribution in [2.45, 2.75) is 123 Å². The quantitative estimate of drug-likeness (QED) is 0.154. The minimum atomic E-state index is -2.14. The van der Waals surface area contributed by atoms with Crippen LogP contribution in [0.15, 0.2) is 24.3 Å². The molecule has 1 aromatic rings. The van der Waals surface area contributed by atoms with Gasteiger partial charge in [-0.15, -0.1) is 0 Å². The molecule has 1 amide bonds. The number of nitrogens with one attached hydrogen (secondary N) is 2. The Balaban J connectivity index is 3.19. The molecule has 2 N–H and O–H groups in total. The van der Waals surface area contributed by atoms with E-state index in [2.05, 4.69) is 78.4 Å². The highest BCUT2D eigenvalue weighted by Crippen LogP contribution is 2.38. The largest absolute Gasteiger partial charge is 0.544 e.